The van der Waals surface area contributed by atoms with E-state index in [2.05, 4.69) is 70.9 Å². The van der Waals surface area contributed by atoms with Crippen molar-refractivity contribution in [2.75, 3.05) is 0 Å². The van der Waals surface area contributed by atoms with Crippen LogP contribution in [0.5, 0.6) is 0 Å². The van der Waals surface area contributed by atoms with Gasteiger partial charge in [0, 0.05) is 17.4 Å². The van der Waals surface area contributed by atoms with Crippen molar-refractivity contribution < 1.29 is 0 Å². The maximum absolute atomic E-state index is 5.99. The minimum Gasteiger partial charge on any atom is -0.264 e. The zero-order chi connectivity index (χ0) is 13.8. The van der Waals surface area contributed by atoms with E-state index in [-0.39, 0.29) is 12.1 Å². The summed E-state index contributed by atoms with van der Waals surface area (Å²) in [6.07, 6.45) is 14.7. The summed E-state index contributed by atoms with van der Waals surface area (Å²) in [4.78, 5) is 0. The molecular weight excluding hydrogens is 283 g/mol. The maximum atomic E-state index is 5.99. The fourth-order valence-corrected chi connectivity index (χ4v) is 5.52. The van der Waals surface area contributed by atoms with Gasteiger partial charge in [0.2, 0.25) is 0 Å². The Balaban J connectivity index is 1.87. The van der Waals surface area contributed by atoms with Gasteiger partial charge in [0.25, 0.3) is 0 Å². The molecule has 0 unspecified atom stereocenters. The van der Waals surface area contributed by atoms with Crippen LogP contribution in [0.3, 0.4) is 0 Å². The van der Waals surface area contributed by atoms with E-state index in [1.165, 1.54) is 0 Å². The number of nitrogens with one attached hydrogen (secondary N) is 2. The third kappa shape index (κ3) is 3.08. The Morgan fingerprint density at radius 3 is 1.65 bits per heavy atom. The molecule has 0 amide bonds. The molecule has 2 aliphatic carbocycles. The van der Waals surface area contributed by atoms with E-state index in [0.29, 0.717) is 0 Å². The first-order valence-corrected chi connectivity index (χ1v) is 9.48. The van der Waals surface area contributed by atoms with Crippen molar-refractivity contribution in [3.05, 3.63) is 78.9 Å². The number of allylic oxidation sites excluding steroid dienone is 4. The highest BCUT2D eigenvalue weighted by Gasteiger charge is 2.24. The van der Waals surface area contributed by atoms with Crippen LogP contribution in [0.15, 0.2) is 78.9 Å². The number of hydrogen-bond donors (Lipinski definition) is 2. The number of benzene rings is 1. The Morgan fingerprint density at radius 2 is 1.20 bits per heavy atom. The molecule has 2 N–H and O–H groups in total. The highest BCUT2D eigenvalue weighted by atomic mass is 32.4. The van der Waals surface area contributed by atoms with E-state index >= 15 is 0 Å². The fourth-order valence-electron chi connectivity index (χ4n) is 2.28. The Morgan fingerprint density at radius 1 is 0.750 bits per heavy atom. The molecule has 2 nitrogen and oxygen atoms in total. The maximum Gasteiger partial charge on any atom is 0.103 e. The number of rotatable bonds is 5. The smallest absolute Gasteiger partial charge is 0.103 e. The van der Waals surface area contributed by atoms with Crippen LogP contribution in [0.25, 0.3) is 0 Å². The van der Waals surface area contributed by atoms with Gasteiger partial charge in [-0.15, -0.1) is 0 Å². The topological polar surface area (TPSA) is 24.1 Å². The molecule has 2 aliphatic rings. The zero-order valence-corrected chi connectivity index (χ0v) is 12.7. The largest absolute Gasteiger partial charge is 0.264 e. The summed E-state index contributed by atoms with van der Waals surface area (Å²) in [6, 6.07) is 10.7. The lowest BCUT2D eigenvalue weighted by Gasteiger charge is -2.29. The number of hydrogen-bond acceptors (Lipinski definition) is 1. The first kappa shape index (κ1) is 13.7. The molecule has 0 fully saturated rings. The van der Waals surface area contributed by atoms with Crippen LogP contribution in [0, 0.1) is 0 Å². The summed E-state index contributed by atoms with van der Waals surface area (Å²) in [7, 11) is 0. The average Bonchev–Trinajstić information content (AvgIpc) is 3.13. The lowest BCUT2D eigenvalue weighted by molar-refractivity contribution is 0.873. The van der Waals surface area contributed by atoms with Gasteiger partial charge in [-0.05, 0) is 0 Å². The van der Waals surface area contributed by atoms with Gasteiger partial charge in [-0.1, -0.05) is 90.7 Å². The van der Waals surface area contributed by atoms with Crippen LogP contribution in [-0.2, 0) is 11.8 Å². The van der Waals surface area contributed by atoms with E-state index in [4.69, 9.17) is 11.8 Å². The zero-order valence-electron chi connectivity index (χ0n) is 11.0. The van der Waals surface area contributed by atoms with Crippen molar-refractivity contribution in [3.63, 3.8) is 0 Å². The standard InChI is InChI=1S/C16H17N2PS/c20-19(16-12-2-1-3-13-16,17-14-8-4-5-9-14)18-15-10-6-7-11-15/h1-15H,(H2,17,18,20). The second kappa shape index (κ2) is 6.02. The molecule has 0 atom stereocenters. The van der Waals surface area contributed by atoms with Gasteiger partial charge < -0.3 is 0 Å². The Hall–Kier alpha value is -1.25. The molecule has 0 saturated carbocycles. The predicted octanol–water partition coefficient (Wildman–Crippen LogP) is 2.79. The molecule has 0 heterocycles. The third-order valence-electron chi connectivity index (χ3n) is 3.28. The van der Waals surface area contributed by atoms with Crippen LogP contribution >= 0.6 is 6.34 Å². The third-order valence-corrected chi connectivity index (χ3v) is 6.89. The first-order valence-electron chi connectivity index (χ1n) is 6.67. The van der Waals surface area contributed by atoms with Crippen molar-refractivity contribution in [3.8, 4) is 0 Å². The minimum absolute atomic E-state index is 0.211. The van der Waals surface area contributed by atoms with Gasteiger partial charge in [-0.3, -0.25) is 10.2 Å². The van der Waals surface area contributed by atoms with Gasteiger partial charge in [0.1, 0.15) is 6.34 Å². The molecule has 20 heavy (non-hydrogen) atoms. The van der Waals surface area contributed by atoms with E-state index in [0.717, 1.165) is 5.30 Å². The van der Waals surface area contributed by atoms with E-state index in [1.807, 2.05) is 18.2 Å². The van der Waals surface area contributed by atoms with E-state index < -0.39 is 6.34 Å². The molecule has 0 aromatic heterocycles. The van der Waals surface area contributed by atoms with Gasteiger partial charge in [-0.25, -0.2) is 0 Å². The van der Waals surface area contributed by atoms with Crippen molar-refractivity contribution in [2.45, 2.75) is 12.1 Å². The van der Waals surface area contributed by atoms with Crippen LogP contribution < -0.4 is 15.5 Å². The monoisotopic (exact) mass is 300 g/mol. The molecule has 1 aromatic carbocycles. The molecule has 0 bridgehead atoms. The minimum atomic E-state index is -2.04. The van der Waals surface area contributed by atoms with Crippen LogP contribution in [0.4, 0.5) is 0 Å². The predicted molar refractivity (Wildman–Crippen MR) is 90.8 cm³/mol. The molecule has 102 valence electrons. The van der Waals surface area contributed by atoms with Gasteiger partial charge in [0.15, 0.2) is 0 Å². The molecule has 0 saturated heterocycles. The first-order chi connectivity index (χ1) is 9.76. The second-order valence-electron chi connectivity index (χ2n) is 4.79. The molecule has 0 aliphatic heterocycles. The van der Waals surface area contributed by atoms with Gasteiger partial charge in [-0.2, -0.15) is 0 Å². The molecule has 3 rings (SSSR count). The van der Waals surface area contributed by atoms with Crippen LogP contribution in [0.2, 0.25) is 0 Å². The second-order valence-corrected chi connectivity index (χ2v) is 8.69. The summed E-state index contributed by atoms with van der Waals surface area (Å²) in [6.45, 7) is 0. The van der Waals surface area contributed by atoms with E-state index in [9.17, 15) is 0 Å². The Kier molecular flexibility index (Phi) is 4.13. The van der Waals surface area contributed by atoms with Crippen molar-refractivity contribution in [1.82, 2.24) is 10.2 Å². The molecule has 0 radical (unpaired) electrons. The van der Waals surface area contributed by atoms with Gasteiger partial charge >= 0.3 is 0 Å². The van der Waals surface area contributed by atoms with Crippen LogP contribution in [0.1, 0.15) is 0 Å². The Labute approximate surface area is 125 Å². The van der Waals surface area contributed by atoms with Crippen molar-refractivity contribution in [1.29, 1.82) is 0 Å². The SMILES string of the molecule is S=P(NC1C=CC=C1)(NC1C=CC=C1)c1ccccc1. The van der Waals surface area contributed by atoms with E-state index in [1.54, 1.807) is 0 Å². The summed E-state index contributed by atoms with van der Waals surface area (Å²) < 4.78 is 0. The fraction of sp³-hybridized carbons (Fsp3) is 0.125. The summed E-state index contributed by atoms with van der Waals surface area (Å²) in [5.74, 6) is 0. The Bertz CT molecular complexity index is 573. The highest BCUT2D eigenvalue weighted by Crippen LogP contribution is 2.38. The van der Waals surface area contributed by atoms with Gasteiger partial charge in [0.05, 0.1) is 0 Å². The lowest BCUT2D eigenvalue weighted by atomic mass is 10.4. The quantitative estimate of drug-likeness (QED) is 0.818. The molecular formula is C16H17N2PS. The summed E-state index contributed by atoms with van der Waals surface area (Å²) >= 11 is 5.99. The lowest BCUT2D eigenvalue weighted by Crippen LogP contribution is -2.37. The molecule has 0 spiro atoms. The molecule has 4 heteroatoms. The van der Waals surface area contributed by atoms with Crippen LogP contribution in [-0.4, -0.2) is 12.1 Å². The normalized spacial score (nSPS) is 18.4. The summed E-state index contributed by atoms with van der Waals surface area (Å²) in [5.41, 5.74) is 0. The van der Waals surface area contributed by atoms with Crippen molar-refractivity contribution >= 4 is 23.5 Å². The van der Waals surface area contributed by atoms with Crippen molar-refractivity contribution in [2.24, 2.45) is 0 Å². The highest BCUT2D eigenvalue weighted by molar-refractivity contribution is 8.16. The molecule has 1 aromatic rings. The average molecular weight is 300 g/mol. The summed E-state index contributed by atoms with van der Waals surface area (Å²) in [5, 5.41) is 8.38.